The number of hydrogen-bond acceptors (Lipinski definition) is 3. The van der Waals surface area contributed by atoms with Gasteiger partial charge in [0, 0.05) is 10.4 Å². The lowest BCUT2D eigenvalue weighted by Crippen LogP contribution is -1.98. The molecule has 0 aliphatic carbocycles. The number of hydrogen-bond donors (Lipinski definition) is 0. The number of pyridine rings is 1. The molecule has 3 aromatic heterocycles. The maximum Gasteiger partial charge on any atom is 0.157 e. The maximum atomic E-state index is 14.0. The Hall–Kier alpha value is -3.75. The molecule has 0 spiro atoms. The summed E-state index contributed by atoms with van der Waals surface area (Å²) in [5, 5.41) is 11.9. The van der Waals surface area contributed by atoms with Gasteiger partial charge in [0.25, 0.3) is 0 Å². The molecule has 29 heavy (non-hydrogen) atoms. The van der Waals surface area contributed by atoms with E-state index < -0.39 is 0 Å². The molecular formula is C24H14FN3S. The summed E-state index contributed by atoms with van der Waals surface area (Å²) >= 11 is 1.63. The highest BCUT2D eigenvalue weighted by atomic mass is 32.1. The van der Waals surface area contributed by atoms with Crippen molar-refractivity contribution in [1.82, 2.24) is 9.38 Å². The van der Waals surface area contributed by atoms with Gasteiger partial charge in [0.05, 0.1) is 16.7 Å². The number of aromatic nitrogens is 2. The maximum absolute atomic E-state index is 14.0. The Bertz CT molecular complexity index is 1420. The summed E-state index contributed by atoms with van der Waals surface area (Å²) in [6, 6.07) is 22.5. The molecule has 0 aliphatic heterocycles. The molecule has 0 saturated heterocycles. The molecule has 138 valence electrons. The van der Waals surface area contributed by atoms with Crippen LogP contribution < -0.4 is 0 Å². The lowest BCUT2D eigenvalue weighted by atomic mass is 10.0. The number of thiophene rings is 1. The van der Waals surface area contributed by atoms with E-state index in [-0.39, 0.29) is 5.82 Å². The number of nitrogens with zero attached hydrogens (tertiary/aromatic N) is 3. The highest BCUT2D eigenvalue weighted by Gasteiger charge is 2.17. The van der Waals surface area contributed by atoms with Crippen molar-refractivity contribution >= 4 is 40.2 Å². The fourth-order valence-electron chi connectivity index (χ4n) is 3.51. The van der Waals surface area contributed by atoms with Crippen molar-refractivity contribution in [3.05, 3.63) is 93.9 Å². The van der Waals surface area contributed by atoms with Crippen molar-refractivity contribution in [2.24, 2.45) is 0 Å². The van der Waals surface area contributed by atoms with Gasteiger partial charge in [0.1, 0.15) is 17.4 Å². The van der Waals surface area contributed by atoms with Gasteiger partial charge in [-0.3, -0.25) is 4.40 Å². The molecule has 3 heterocycles. The summed E-state index contributed by atoms with van der Waals surface area (Å²) in [6.07, 6.45) is 3.90. The Labute approximate surface area is 170 Å². The third-order valence-electron chi connectivity index (χ3n) is 4.81. The van der Waals surface area contributed by atoms with Crippen LogP contribution in [0.15, 0.2) is 72.1 Å². The van der Waals surface area contributed by atoms with Crippen LogP contribution >= 0.6 is 11.3 Å². The van der Waals surface area contributed by atoms with Crippen LogP contribution in [-0.2, 0) is 0 Å². The molecule has 5 rings (SSSR count). The topological polar surface area (TPSA) is 41.1 Å². The van der Waals surface area contributed by atoms with Gasteiger partial charge in [-0.15, -0.1) is 11.3 Å². The fraction of sp³-hybridized carbons (Fsp3) is 0. The molecule has 0 unspecified atom stereocenters. The van der Waals surface area contributed by atoms with E-state index in [0.717, 1.165) is 32.7 Å². The van der Waals surface area contributed by atoms with Gasteiger partial charge in [-0.1, -0.05) is 36.4 Å². The second-order valence-electron chi connectivity index (χ2n) is 6.59. The number of para-hydroxylation sites is 2. The number of nitriles is 1. The number of halogens is 1. The van der Waals surface area contributed by atoms with Crippen molar-refractivity contribution in [3.8, 4) is 17.3 Å². The quantitative estimate of drug-likeness (QED) is 0.355. The van der Waals surface area contributed by atoms with E-state index in [2.05, 4.69) is 6.07 Å². The zero-order chi connectivity index (χ0) is 19.8. The predicted molar refractivity (Wildman–Crippen MR) is 116 cm³/mol. The van der Waals surface area contributed by atoms with Crippen molar-refractivity contribution in [3.63, 3.8) is 0 Å². The number of benzene rings is 2. The minimum atomic E-state index is -0.305. The molecule has 0 atom stereocenters. The van der Waals surface area contributed by atoms with Crippen LogP contribution in [0.1, 0.15) is 16.0 Å². The molecule has 0 fully saturated rings. The molecule has 0 saturated carbocycles. The number of rotatable bonds is 3. The lowest BCUT2D eigenvalue weighted by Gasteiger charge is -2.11. The van der Waals surface area contributed by atoms with E-state index in [1.165, 1.54) is 12.1 Å². The van der Waals surface area contributed by atoms with Crippen LogP contribution in [-0.4, -0.2) is 9.38 Å². The van der Waals surface area contributed by atoms with Gasteiger partial charge in [0.15, 0.2) is 5.65 Å². The van der Waals surface area contributed by atoms with Crippen molar-refractivity contribution in [2.45, 2.75) is 0 Å². The van der Waals surface area contributed by atoms with E-state index in [0.29, 0.717) is 11.2 Å². The second kappa shape index (κ2) is 7.01. The van der Waals surface area contributed by atoms with Crippen molar-refractivity contribution in [1.29, 1.82) is 5.26 Å². The minimum absolute atomic E-state index is 0.305. The van der Waals surface area contributed by atoms with Crippen molar-refractivity contribution < 1.29 is 4.39 Å². The Morgan fingerprint density at radius 3 is 2.69 bits per heavy atom. The Balaban J connectivity index is 1.87. The zero-order valence-electron chi connectivity index (χ0n) is 15.2. The summed E-state index contributed by atoms with van der Waals surface area (Å²) in [4.78, 5) is 5.81. The van der Waals surface area contributed by atoms with Gasteiger partial charge in [-0.05, 0) is 53.4 Å². The third kappa shape index (κ3) is 3.00. The lowest BCUT2D eigenvalue weighted by molar-refractivity contribution is 0.628. The van der Waals surface area contributed by atoms with Crippen LogP contribution in [0.25, 0.3) is 40.1 Å². The molecular weight excluding hydrogens is 381 g/mol. The summed E-state index contributed by atoms with van der Waals surface area (Å²) in [6.45, 7) is 0. The Morgan fingerprint density at radius 2 is 1.90 bits per heavy atom. The van der Waals surface area contributed by atoms with Crippen LogP contribution in [0.5, 0.6) is 0 Å². The largest absolute Gasteiger partial charge is 0.291 e. The van der Waals surface area contributed by atoms with Crippen LogP contribution in [0, 0.1) is 17.1 Å². The zero-order valence-corrected chi connectivity index (χ0v) is 16.0. The van der Waals surface area contributed by atoms with Gasteiger partial charge in [0.2, 0.25) is 0 Å². The molecule has 5 heteroatoms. The Kier molecular flexibility index (Phi) is 4.19. The number of fused-ring (bicyclic) bond motifs is 3. The average Bonchev–Trinajstić information content (AvgIpc) is 3.39. The molecule has 5 aromatic rings. The van der Waals surface area contributed by atoms with E-state index in [1.54, 1.807) is 17.4 Å². The molecule has 0 aliphatic rings. The SMILES string of the molecule is N#Cc1c(C=Cc2cccs2)cc(-c2cccc(F)c2)n2c1nc1ccccc12. The third-order valence-corrected chi connectivity index (χ3v) is 5.65. The molecule has 3 nitrogen and oxygen atoms in total. The van der Waals surface area contributed by atoms with E-state index in [9.17, 15) is 9.65 Å². The molecule has 0 N–H and O–H groups in total. The summed E-state index contributed by atoms with van der Waals surface area (Å²) in [7, 11) is 0. The highest BCUT2D eigenvalue weighted by Crippen LogP contribution is 2.31. The normalized spacial score (nSPS) is 11.4. The standard InChI is InChI=1S/C24H14FN3S/c25-18-6-3-5-17(13-18)23-14-16(10-11-19-7-4-12-29-19)20(15-26)24-27-21-8-1-2-9-22(21)28(23)24/h1-14H. The monoisotopic (exact) mass is 395 g/mol. The smallest absolute Gasteiger partial charge is 0.157 e. The molecule has 2 aromatic carbocycles. The molecule has 0 amide bonds. The van der Waals surface area contributed by atoms with Gasteiger partial charge >= 0.3 is 0 Å². The average molecular weight is 395 g/mol. The molecule has 0 radical (unpaired) electrons. The van der Waals surface area contributed by atoms with E-state index in [4.69, 9.17) is 4.98 Å². The predicted octanol–water partition coefficient (Wildman–Crippen LogP) is 6.40. The highest BCUT2D eigenvalue weighted by molar-refractivity contribution is 7.10. The molecule has 0 bridgehead atoms. The van der Waals surface area contributed by atoms with E-state index in [1.807, 2.05) is 70.5 Å². The summed E-state index contributed by atoms with van der Waals surface area (Å²) < 4.78 is 15.9. The first-order valence-corrected chi connectivity index (χ1v) is 9.94. The van der Waals surface area contributed by atoms with Crippen molar-refractivity contribution in [2.75, 3.05) is 0 Å². The summed E-state index contributed by atoms with van der Waals surface area (Å²) in [5.41, 5.74) is 5.01. The second-order valence-corrected chi connectivity index (χ2v) is 7.57. The van der Waals surface area contributed by atoms with E-state index >= 15 is 0 Å². The first-order chi connectivity index (χ1) is 14.2. The van der Waals surface area contributed by atoms with Crippen LogP contribution in [0.4, 0.5) is 4.39 Å². The number of imidazole rings is 1. The van der Waals surface area contributed by atoms with Gasteiger partial charge in [-0.25, -0.2) is 9.37 Å². The Morgan fingerprint density at radius 1 is 1.00 bits per heavy atom. The summed E-state index contributed by atoms with van der Waals surface area (Å²) in [5.74, 6) is -0.305. The van der Waals surface area contributed by atoms with Crippen LogP contribution in [0.2, 0.25) is 0 Å². The minimum Gasteiger partial charge on any atom is -0.291 e. The van der Waals surface area contributed by atoms with Gasteiger partial charge < -0.3 is 0 Å². The fourth-order valence-corrected chi connectivity index (χ4v) is 4.13. The van der Waals surface area contributed by atoms with Crippen LogP contribution in [0.3, 0.4) is 0 Å². The first kappa shape index (κ1) is 17.4. The first-order valence-electron chi connectivity index (χ1n) is 9.06. The van der Waals surface area contributed by atoms with Gasteiger partial charge in [-0.2, -0.15) is 5.26 Å².